The van der Waals surface area contributed by atoms with Gasteiger partial charge < -0.3 is 5.32 Å². The van der Waals surface area contributed by atoms with Crippen LogP contribution in [0.4, 0.5) is 11.4 Å². The number of benzene rings is 2. The highest BCUT2D eigenvalue weighted by Gasteiger charge is 2.50. The Hall–Kier alpha value is -1.70. The van der Waals surface area contributed by atoms with E-state index in [9.17, 15) is 0 Å². The van der Waals surface area contributed by atoms with E-state index in [2.05, 4.69) is 56.4 Å². The Morgan fingerprint density at radius 2 is 1.75 bits per heavy atom. The maximum atomic E-state index is 6.43. The van der Waals surface area contributed by atoms with Gasteiger partial charge in [-0.3, -0.25) is 0 Å². The molecular formula is C22H24BN. The van der Waals surface area contributed by atoms with Crippen molar-refractivity contribution < 1.29 is 0 Å². The lowest BCUT2D eigenvalue weighted by Crippen LogP contribution is -2.44. The fourth-order valence-corrected chi connectivity index (χ4v) is 5.41. The molecule has 2 bridgehead atoms. The number of anilines is 2. The van der Waals surface area contributed by atoms with Crippen LogP contribution in [0.5, 0.6) is 0 Å². The summed E-state index contributed by atoms with van der Waals surface area (Å²) in [7, 11) is 6.43. The highest BCUT2D eigenvalue weighted by atomic mass is 14.9. The van der Waals surface area contributed by atoms with Gasteiger partial charge in [-0.2, -0.15) is 0 Å². The monoisotopic (exact) mass is 313 g/mol. The van der Waals surface area contributed by atoms with Gasteiger partial charge in [-0.1, -0.05) is 44.4 Å². The summed E-state index contributed by atoms with van der Waals surface area (Å²) in [6.45, 7) is 6.91. The maximum Gasteiger partial charge on any atom is 0.114 e. The molecule has 1 nitrogen and oxygen atoms in total. The molecule has 1 N–H and O–H groups in total. The van der Waals surface area contributed by atoms with Gasteiger partial charge in [-0.15, -0.1) is 0 Å². The molecule has 0 saturated heterocycles. The van der Waals surface area contributed by atoms with Crippen molar-refractivity contribution in [2.45, 2.75) is 63.2 Å². The first kappa shape index (κ1) is 14.6. The standard InChI is InChI=1S/C22H24BN/c1-21(2,3)14-4-6-17-15(12-14)22-10-8-13(9-11-22)19-16(23)5-7-18(24-17)20(19)22/h4-7,12-13,24H,8-11H2,1-3H3. The van der Waals surface area contributed by atoms with E-state index >= 15 is 0 Å². The Kier molecular flexibility index (Phi) is 2.73. The molecule has 1 spiro atoms. The predicted molar refractivity (Wildman–Crippen MR) is 102 cm³/mol. The molecule has 0 amide bonds. The largest absolute Gasteiger partial charge is 0.355 e. The molecule has 0 unspecified atom stereocenters. The molecular weight excluding hydrogens is 289 g/mol. The zero-order chi connectivity index (χ0) is 16.7. The normalized spacial score (nSPS) is 26.5. The van der Waals surface area contributed by atoms with E-state index in [1.54, 1.807) is 0 Å². The Morgan fingerprint density at radius 1 is 1.04 bits per heavy atom. The van der Waals surface area contributed by atoms with Crippen LogP contribution in [0.2, 0.25) is 0 Å². The van der Waals surface area contributed by atoms with E-state index < -0.39 is 0 Å². The Labute approximate surface area is 146 Å². The van der Waals surface area contributed by atoms with Crippen LogP contribution in [0.3, 0.4) is 0 Å². The fraction of sp³-hybridized carbons (Fsp3) is 0.455. The lowest BCUT2D eigenvalue weighted by Gasteiger charge is -2.53. The van der Waals surface area contributed by atoms with Gasteiger partial charge >= 0.3 is 0 Å². The van der Waals surface area contributed by atoms with E-state index in [4.69, 9.17) is 7.85 Å². The minimum absolute atomic E-state index is 0.177. The number of nitrogens with one attached hydrogen (secondary N) is 1. The molecule has 24 heavy (non-hydrogen) atoms. The molecule has 3 aliphatic carbocycles. The topological polar surface area (TPSA) is 12.0 Å². The molecule has 1 heterocycles. The summed E-state index contributed by atoms with van der Waals surface area (Å²) in [6.07, 6.45) is 5.09. The molecule has 1 fully saturated rings. The van der Waals surface area contributed by atoms with Crippen LogP contribution in [-0.4, -0.2) is 7.85 Å². The van der Waals surface area contributed by atoms with Crippen molar-refractivity contribution in [3.8, 4) is 0 Å². The van der Waals surface area contributed by atoms with Crippen molar-refractivity contribution in [2.75, 3.05) is 5.32 Å². The highest BCUT2D eigenvalue weighted by molar-refractivity contribution is 6.33. The third-order valence-electron chi connectivity index (χ3n) is 6.68. The number of fused-ring (bicyclic) bond motifs is 3. The van der Waals surface area contributed by atoms with Crippen molar-refractivity contribution in [3.05, 3.63) is 52.6 Å². The van der Waals surface area contributed by atoms with Crippen LogP contribution >= 0.6 is 0 Å². The first-order chi connectivity index (χ1) is 11.4. The molecule has 4 aliphatic rings. The Bertz CT molecular complexity index is 851. The van der Waals surface area contributed by atoms with Crippen LogP contribution in [0.1, 0.15) is 74.6 Å². The van der Waals surface area contributed by atoms with Crippen molar-refractivity contribution >= 4 is 24.7 Å². The van der Waals surface area contributed by atoms with E-state index in [0.29, 0.717) is 5.92 Å². The number of hydrogen-bond acceptors (Lipinski definition) is 1. The van der Waals surface area contributed by atoms with Crippen LogP contribution in [0.15, 0.2) is 30.3 Å². The van der Waals surface area contributed by atoms with Crippen LogP contribution in [0, 0.1) is 0 Å². The first-order valence-electron chi connectivity index (χ1n) is 9.25. The second-order valence-electron chi connectivity index (χ2n) is 8.98. The van der Waals surface area contributed by atoms with Gasteiger partial charge in [-0.25, -0.2) is 0 Å². The Morgan fingerprint density at radius 3 is 2.46 bits per heavy atom. The minimum atomic E-state index is 0.177. The van der Waals surface area contributed by atoms with Crippen LogP contribution in [0.25, 0.3) is 0 Å². The van der Waals surface area contributed by atoms with Crippen molar-refractivity contribution in [3.63, 3.8) is 0 Å². The lowest BCUT2D eigenvalue weighted by molar-refractivity contribution is 0.280. The van der Waals surface area contributed by atoms with Gasteiger partial charge in [0.05, 0.1) is 0 Å². The molecule has 2 heteroatoms. The maximum absolute atomic E-state index is 6.43. The molecule has 0 atom stereocenters. The smallest absolute Gasteiger partial charge is 0.114 e. The van der Waals surface area contributed by atoms with Crippen molar-refractivity contribution in [2.24, 2.45) is 0 Å². The summed E-state index contributed by atoms with van der Waals surface area (Å²) in [5, 5.41) is 3.71. The quantitative estimate of drug-likeness (QED) is 0.689. The zero-order valence-corrected chi connectivity index (χ0v) is 14.9. The van der Waals surface area contributed by atoms with Gasteiger partial charge in [0.1, 0.15) is 7.85 Å². The summed E-state index contributed by atoms with van der Waals surface area (Å²) in [6, 6.07) is 11.4. The van der Waals surface area contributed by atoms with E-state index in [0.717, 1.165) is 5.46 Å². The second kappa shape index (κ2) is 4.47. The van der Waals surface area contributed by atoms with Crippen LogP contribution < -0.4 is 10.8 Å². The lowest BCUT2D eigenvalue weighted by atomic mass is 9.52. The average Bonchev–Trinajstić information content (AvgIpc) is 2.57. The first-order valence-corrected chi connectivity index (χ1v) is 9.25. The fourth-order valence-electron chi connectivity index (χ4n) is 5.41. The predicted octanol–water partition coefficient (Wildman–Crippen LogP) is 4.79. The number of hydrogen-bond donors (Lipinski definition) is 1. The SMILES string of the molecule is [B]c1ccc2c3c1C1CCC3(CC1)c1cc(C(C)(C)C)ccc1N2. The zero-order valence-electron chi connectivity index (χ0n) is 14.9. The Balaban J connectivity index is 1.82. The average molecular weight is 313 g/mol. The third kappa shape index (κ3) is 1.72. The summed E-state index contributed by atoms with van der Waals surface area (Å²) < 4.78 is 0. The molecule has 1 saturated carbocycles. The minimum Gasteiger partial charge on any atom is -0.355 e. The van der Waals surface area contributed by atoms with Gasteiger partial charge in [0.25, 0.3) is 0 Å². The van der Waals surface area contributed by atoms with Crippen molar-refractivity contribution in [1.29, 1.82) is 0 Å². The molecule has 1 aliphatic heterocycles. The van der Waals surface area contributed by atoms with E-state index in [1.165, 1.54) is 59.3 Å². The second-order valence-corrected chi connectivity index (χ2v) is 8.98. The summed E-state index contributed by atoms with van der Waals surface area (Å²) in [5.41, 5.74) is 9.85. The number of rotatable bonds is 0. The van der Waals surface area contributed by atoms with Crippen molar-refractivity contribution in [1.82, 2.24) is 0 Å². The van der Waals surface area contributed by atoms with E-state index in [1.807, 2.05) is 0 Å². The van der Waals surface area contributed by atoms with Gasteiger partial charge in [-0.05, 0) is 71.4 Å². The van der Waals surface area contributed by atoms with Gasteiger partial charge in [0.2, 0.25) is 0 Å². The molecule has 6 rings (SSSR count). The summed E-state index contributed by atoms with van der Waals surface area (Å²) in [5.74, 6) is 0.663. The molecule has 120 valence electrons. The van der Waals surface area contributed by atoms with Gasteiger partial charge in [0.15, 0.2) is 0 Å². The molecule has 2 aromatic rings. The van der Waals surface area contributed by atoms with Gasteiger partial charge in [0, 0.05) is 16.8 Å². The highest BCUT2D eigenvalue weighted by Crippen LogP contribution is 2.61. The molecule has 0 aromatic heterocycles. The summed E-state index contributed by atoms with van der Waals surface area (Å²) >= 11 is 0. The van der Waals surface area contributed by atoms with Crippen LogP contribution in [-0.2, 0) is 10.8 Å². The third-order valence-corrected chi connectivity index (χ3v) is 6.68. The van der Waals surface area contributed by atoms with E-state index in [-0.39, 0.29) is 10.8 Å². The molecule has 2 radical (unpaired) electrons. The molecule has 2 aromatic carbocycles. The summed E-state index contributed by atoms with van der Waals surface area (Å²) in [4.78, 5) is 0.